The maximum atomic E-state index is 13.5. The third-order valence-electron chi connectivity index (χ3n) is 8.30. The molecule has 0 aromatic heterocycles. The Balaban J connectivity index is 1.43. The van der Waals surface area contributed by atoms with Gasteiger partial charge in [0.05, 0.1) is 19.8 Å². The Bertz CT molecular complexity index is 1050. The zero-order valence-corrected chi connectivity index (χ0v) is 23.6. The molecule has 12 heteroatoms. The van der Waals surface area contributed by atoms with Crippen LogP contribution >= 0.6 is 0 Å². The Hall–Kier alpha value is -3.09. The van der Waals surface area contributed by atoms with Crippen molar-refractivity contribution in [1.82, 2.24) is 20.0 Å². The number of amides is 4. The number of hydrogen-bond acceptors (Lipinski definition) is 7. The molecule has 0 aliphatic carbocycles. The topological polar surface area (TPSA) is 135 Å². The fourth-order valence-electron chi connectivity index (χ4n) is 5.97. The maximum absolute atomic E-state index is 13.5. The molecule has 0 saturated carbocycles. The van der Waals surface area contributed by atoms with Crippen LogP contribution in [0, 0.1) is 17.7 Å². The Morgan fingerprint density at radius 1 is 0.976 bits per heavy atom. The molecule has 11 nitrogen and oxygen atoms in total. The lowest BCUT2D eigenvalue weighted by Crippen LogP contribution is -2.54. The van der Waals surface area contributed by atoms with E-state index in [1.807, 2.05) is 0 Å². The summed E-state index contributed by atoms with van der Waals surface area (Å²) in [6, 6.07) is 5.23. The molecule has 4 heterocycles. The van der Waals surface area contributed by atoms with E-state index in [-0.39, 0.29) is 67.9 Å². The Kier molecular flexibility index (Phi) is 11.5. The van der Waals surface area contributed by atoms with Gasteiger partial charge in [0.25, 0.3) is 5.91 Å². The zero-order chi connectivity index (χ0) is 29.2. The summed E-state index contributed by atoms with van der Waals surface area (Å²) < 4.78 is 24.4. The number of benzene rings is 1. The van der Waals surface area contributed by atoms with Crippen molar-refractivity contribution in [2.45, 2.75) is 38.1 Å². The first-order valence-electron chi connectivity index (χ1n) is 14.6. The summed E-state index contributed by atoms with van der Waals surface area (Å²) in [7, 11) is 0. The minimum atomic E-state index is -0.403. The summed E-state index contributed by atoms with van der Waals surface area (Å²) in [5.41, 5.74) is 6.29. The molecule has 1 aromatic rings. The van der Waals surface area contributed by atoms with E-state index in [0.717, 1.165) is 0 Å². The molecule has 0 spiro atoms. The van der Waals surface area contributed by atoms with Crippen LogP contribution in [0.4, 0.5) is 4.39 Å². The molecule has 41 heavy (non-hydrogen) atoms. The number of carbonyl (C=O) groups excluding carboxylic acids is 4. The van der Waals surface area contributed by atoms with E-state index in [4.69, 9.17) is 15.2 Å². The van der Waals surface area contributed by atoms with E-state index in [9.17, 15) is 23.6 Å². The van der Waals surface area contributed by atoms with Crippen LogP contribution in [0.2, 0.25) is 0 Å². The molecule has 4 amide bonds. The fraction of sp³-hybridized carbons (Fsp3) is 0.655. The molecule has 4 fully saturated rings. The van der Waals surface area contributed by atoms with Gasteiger partial charge in [-0.1, -0.05) is 0 Å². The summed E-state index contributed by atoms with van der Waals surface area (Å²) in [5.74, 6) is -0.792. The van der Waals surface area contributed by atoms with Crippen LogP contribution in [0.25, 0.3) is 0 Å². The molecule has 2 atom stereocenters. The monoisotopic (exact) mass is 575 g/mol. The summed E-state index contributed by atoms with van der Waals surface area (Å²) >= 11 is 0. The van der Waals surface area contributed by atoms with Gasteiger partial charge < -0.3 is 35.2 Å². The number of hydrogen-bond donors (Lipinski definition) is 2. The van der Waals surface area contributed by atoms with E-state index < -0.39 is 5.82 Å². The van der Waals surface area contributed by atoms with Crippen molar-refractivity contribution < 1.29 is 33.0 Å². The molecular formula is C29H42FN5O6. The van der Waals surface area contributed by atoms with Gasteiger partial charge in [0.1, 0.15) is 19.0 Å². The molecule has 0 radical (unpaired) electrons. The van der Waals surface area contributed by atoms with Crippen molar-refractivity contribution in [2.75, 3.05) is 72.2 Å². The molecule has 5 rings (SSSR count). The number of likely N-dealkylation sites (tertiary alicyclic amines) is 1. The number of nitrogens with one attached hydrogen (secondary N) is 1. The van der Waals surface area contributed by atoms with Gasteiger partial charge in [-0.25, -0.2) is 4.39 Å². The van der Waals surface area contributed by atoms with Gasteiger partial charge >= 0.3 is 0 Å². The number of nitrogens with two attached hydrogens (primary N) is 1. The second-order valence-electron chi connectivity index (χ2n) is 11.0. The van der Waals surface area contributed by atoms with Gasteiger partial charge in [-0.3, -0.25) is 19.2 Å². The van der Waals surface area contributed by atoms with Crippen LogP contribution in [-0.4, -0.2) is 117 Å². The molecule has 4 saturated heterocycles. The average Bonchev–Trinajstić information content (AvgIpc) is 2.97. The standard InChI is InChI=1S/C29H42FN5O6/c30-24-3-1-21(2-4-24)29(39)33-12-7-25(8-13-33)35-19-27(37)34-11-6-22(23(18-34)5-9-31)17-26(36)32-10-14-40-15-16-41-20-28(35)38/h1-4,22-23,25H,5-20,31H2,(H,32,36)/t22?,23-/m0/s1. The molecule has 4 aliphatic rings. The summed E-state index contributed by atoms with van der Waals surface area (Å²) in [4.78, 5) is 57.4. The lowest BCUT2D eigenvalue weighted by Gasteiger charge is -2.41. The van der Waals surface area contributed by atoms with Gasteiger partial charge in [-0.2, -0.15) is 0 Å². The Morgan fingerprint density at radius 3 is 2.44 bits per heavy atom. The molecule has 226 valence electrons. The van der Waals surface area contributed by atoms with Crippen LogP contribution in [0.1, 0.15) is 42.5 Å². The van der Waals surface area contributed by atoms with Gasteiger partial charge in [0, 0.05) is 50.7 Å². The van der Waals surface area contributed by atoms with E-state index in [0.29, 0.717) is 83.5 Å². The quantitative estimate of drug-likeness (QED) is 0.503. The highest BCUT2D eigenvalue weighted by molar-refractivity contribution is 5.94. The maximum Gasteiger partial charge on any atom is 0.253 e. The van der Waals surface area contributed by atoms with Crippen molar-refractivity contribution in [3.05, 3.63) is 35.6 Å². The van der Waals surface area contributed by atoms with E-state index in [1.54, 1.807) is 14.7 Å². The third-order valence-corrected chi connectivity index (χ3v) is 8.30. The molecule has 4 aliphatic heterocycles. The number of nitrogens with zero attached hydrogens (tertiary/aromatic N) is 3. The second kappa shape index (κ2) is 15.2. The first-order chi connectivity index (χ1) is 19.9. The van der Waals surface area contributed by atoms with E-state index >= 15 is 0 Å². The summed E-state index contributed by atoms with van der Waals surface area (Å²) in [6.07, 6.45) is 2.82. The Labute approximate surface area is 240 Å². The number of halogens is 1. The van der Waals surface area contributed by atoms with Crippen LogP contribution in [0.15, 0.2) is 24.3 Å². The smallest absolute Gasteiger partial charge is 0.253 e. The van der Waals surface area contributed by atoms with Crippen LogP contribution in [-0.2, 0) is 23.9 Å². The minimum absolute atomic E-state index is 0.0289. The van der Waals surface area contributed by atoms with Crippen molar-refractivity contribution in [1.29, 1.82) is 0 Å². The van der Waals surface area contributed by atoms with Crippen molar-refractivity contribution in [3.63, 3.8) is 0 Å². The van der Waals surface area contributed by atoms with Crippen molar-refractivity contribution in [2.24, 2.45) is 17.6 Å². The lowest BCUT2D eigenvalue weighted by atomic mass is 9.81. The molecule has 2 bridgehead atoms. The molecule has 1 aromatic carbocycles. The van der Waals surface area contributed by atoms with Gasteiger partial charge in [0.2, 0.25) is 17.7 Å². The normalized spacial score (nSPS) is 24.6. The molecular weight excluding hydrogens is 533 g/mol. The van der Waals surface area contributed by atoms with E-state index in [2.05, 4.69) is 5.32 Å². The first kappa shape index (κ1) is 30.9. The van der Waals surface area contributed by atoms with Gasteiger partial charge in [-0.15, -0.1) is 0 Å². The molecule has 3 N–H and O–H groups in total. The summed E-state index contributed by atoms with van der Waals surface area (Å²) in [5, 5.41) is 2.89. The highest BCUT2D eigenvalue weighted by Gasteiger charge is 2.36. The SMILES string of the molecule is NCC[C@H]1CN2CCC1CC(=O)NCCOCCOCC(=O)N(C1CCN(C(=O)c3ccc(F)cc3)CC1)CC2=O. The van der Waals surface area contributed by atoms with Crippen LogP contribution in [0.5, 0.6) is 0 Å². The number of rotatable bonds is 4. The van der Waals surface area contributed by atoms with E-state index in [1.165, 1.54) is 24.3 Å². The zero-order valence-electron chi connectivity index (χ0n) is 23.6. The number of fused-ring (bicyclic) bond motifs is 15. The minimum Gasteiger partial charge on any atom is -0.377 e. The lowest BCUT2D eigenvalue weighted by molar-refractivity contribution is -0.148. The predicted molar refractivity (Wildman–Crippen MR) is 148 cm³/mol. The number of piperidine rings is 2. The van der Waals surface area contributed by atoms with Crippen molar-refractivity contribution >= 4 is 23.6 Å². The highest BCUT2D eigenvalue weighted by Crippen LogP contribution is 2.29. The van der Waals surface area contributed by atoms with Gasteiger partial charge in [-0.05, 0) is 68.3 Å². The fourth-order valence-corrected chi connectivity index (χ4v) is 5.97. The third kappa shape index (κ3) is 8.70. The first-order valence-corrected chi connectivity index (χ1v) is 14.6. The summed E-state index contributed by atoms with van der Waals surface area (Å²) in [6.45, 7) is 3.30. The number of carbonyl (C=O) groups is 4. The van der Waals surface area contributed by atoms with Crippen LogP contribution < -0.4 is 11.1 Å². The number of ether oxygens (including phenoxy) is 2. The second-order valence-corrected chi connectivity index (χ2v) is 11.0. The van der Waals surface area contributed by atoms with Crippen LogP contribution in [0.3, 0.4) is 0 Å². The highest BCUT2D eigenvalue weighted by atomic mass is 19.1. The Morgan fingerprint density at radius 2 is 1.71 bits per heavy atom. The van der Waals surface area contributed by atoms with Crippen molar-refractivity contribution in [3.8, 4) is 0 Å². The largest absolute Gasteiger partial charge is 0.377 e. The van der Waals surface area contributed by atoms with Gasteiger partial charge in [0.15, 0.2) is 0 Å². The average molecular weight is 576 g/mol. The predicted octanol–water partition coefficient (Wildman–Crippen LogP) is 0.626. The molecule has 1 unspecified atom stereocenters.